The lowest BCUT2D eigenvalue weighted by Crippen LogP contribution is -2.50. The van der Waals surface area contributed by atoms with Crippen LogP contribution in [-0.2, 0) is 4.79 Å². The van der Waals surface area contributed by atoms with E-state index in [-0.39, 0.29) is 35.9 Å². The minimum atomic E-state index is -0.528. The minimum absolute atomic E-state index is 0.0180. The highest BCUT2D eigenvalue weighted by Gasteiger charge is 2.48. The van der Waals surface area contributed by atoms with Gasteiger partial charge in [-0.15, -0.1) is 0 Å². The molecule has 5 atom stereocenters. The van der Waals surface area contributed by atoms with Crippen molar-refractivity contribution in [3.63, 3.8) is 0 Å². The highest BCUT2D eigenvalue weighted by atomic mass is 32.1. The van der Waals surface area contributed by atoms with Gasteiger partial charge in [0.25, 0.3) is 5.91 Å². The van der Waals surface area contributed by atoms with Crippen LogP contribution in [-0.4, -0.2) is 35.2 Å². The molecule has 3 amide bonds. The lowest BCUT2D eigenvalue weighted by molar-refractivity contribution is -0.138. The summed E-state index contributed by atoms with van der Waals surface area (Å²) in [6.45, 7) is 0.719. The second-order valence-corrected chi connectivity index (χ2v) is 11.4. The summed E-state index contributed by atoms with van der Waals surface area (Å²) in [5, 5.41) is 11.2. The molecule has 1 aromatic heterocycles. The third-order valence-corrected chi connectivity index (χ3v) is 9.18. The molecule has 0 unspecified atom stereocenters. The second-order valence-electron chi connectivity index (χ2n) is 10.6. The van der Waals surface area contributed by atoms with Crippen molar-refractivity contribution < 1.29 is 14.4 Å². The number of hydrogen-bond donors (Lipinski definition) is 3. The number of benzene rings is 2. The largest absolute Gasteiger partial charge is 0.378 e. The fraction of sp³-hybridized carbons (Fsp3) is 0.367. The Morgan fingerprint density at radius 1 is 0.947 bits per heavy atom. The number of anilines is 1. The van der Waals surface area contributed by atoms with Crippen molar-refractivity contribution in [2.24, 2.45) is 17.6 Å². The number of carbonyl (C=O) groups excluding carboxylic acids is 3. The molecule has 2 aliphatic heterocycles. The molecular weight excluding hydrogens is 496 g/mol. The van der Waals surface area contributed by atoms with Gasteiger partial charge in [-0.05, 0) is 77.5 Å². The monoisotopic (exact) mass is 528 g/mol. The van der Waals surface area contributed by atoms with E-state index >= 15 is 0 Å². The maximum Gasteiger partial charge on any atom is 0.251 e. The molecule has 38 heavy (non-hydrogen) atoms. The van der Waals surface area contributed by atoms with Crippen molar-refractivity contribution in [2.45, 2.75) is 50.2 Å². The Bertz CT molecular complexity index is 1340. The SMILES string of the molecule is NC(=O)c1ccc(C(=O)N[C@@H]2CCCC[C@@H]2C(=O)N2CC[C@@H]3[C@H](c4ccsc4)Nc4ccccc4[C@@H]32)cc1. The van der Waals surface area contributed by atoms with Crippen LogP contribution in [0.2, 0.25) is 0 Å². The number of nitrogens with two attached hydrogens (primary N) is 1. The molecule has 2 fully saturated rings. The topological polar surface area (TPSA) is 105 Å². The van der Waals surface area contributed by atoms with Gasteiger partial charge in [-0.25, -0.2) is 0 Å². The van der Waals surface area contributed by atoms with Crippen LogP contribution in [0.1, 0.15) is 76.0 Å². The van der Waals surface area contributed by atoms with Gasteiger partial charge in [0, 0.05) is 35.3 Å². The first-order valence-corrected chi connectivity index (χ1v) is 14.3. The molecule has 0 radical (unpaired) electrons. The van der Waals surface area contributed by atoms with E-state index in [0.717, 1.165) is 44.3 Å². The number of nitrogens with zero attached hydrogens (tertiary/aromatic N) is 1. The molecule has 0 spiro atoms. The molecule has 0 bridgehead atoms. The number of hydrogen-bond acceptors (Lipinski definition) is 5. The summed E-state index contributed by atoms with van der Waals surface area (Å²) < 4.78 is 0. The summed E-state index contributed by atoms with van der Waals surface area (Å²) in [6.07, 6.45) is 4.45. The van der Waals surface area contributed by atoms with E-state index in [9.17, 15) is 14.4 Å². The van der Waals surface area contributed by atoms with Crippen LogP contribution in [0.15, 0.2) is 65.4 Å². The van der Waals surface area contributed by atoms with Gasteiger partial charge in [-0.3, -0.25) is 14.4 Å². The molecule has 3 heterocycles. The van der Waals surface area contributed by atoms with Crippen molar-refractivity contribution >= 4 is 34.7 Å². The summed E-state index contributed by atoms with van der Waals surface area (Å²) >= 11 is 1.70. The average molecular weight is 529 g/mol. The maximum atomic E-state index is 14.2. The first kappa shape index (κ1) is 24.7. The van der Waals surface area contributed by atoms with Crippen LogP contribution in [0.4, 0.5) is 5.69 Å². The summed E-state index contributed by atoms with van der Waals surface area (Å²) in [6, 6.07) is 16.8. The van der Waals surface area contributed by atoms with Crippen LogP contribution in [0, 0.1) is 11.8 Å². The number of para-hydroxylation sites is 1. The van der Waals surface area contributed by atoms with Gasteiger partial charge in [0.15, 0.2) is 0 Å². The van der Waals surface area contributed by atoms with Crippen molar-refractivity contribution in [1.82, 2.24) is 10.2 Å². The van der Waals surface area contributed by atoms with E-state index in [0.29, 0.717) is 17.0 Å². The first-order chi connectivity index (χ1) is 18.5. The van der Waals surface area contributed by atoms with E-state index in [1.54, 1.807) is 35.6 Å². The molecular formula is C30H32N4O3S. The van der Waals surface area contributed by atoms with E-state index < -0.39 is 5.91 Å². The average Bonchev–Trinajstić information content (AvgIpc) is 3.64. The Kier molecular flexibility index (Phi) is 6.66. The molecule has 1 saturated heterocycles. The normalized spacial score (nSPS) is 26.1. The fourth-order valence-electron chi connectivity index (χ4n) is 6.60. The van der Waals surface area contributed by atoms with Crippen LogP contribution in [0.25, 0.3) is 0 Å². The van der Waals surface area contributed by atoms with Crippen LogP contribution in [0.5, 0.6) is 0 Å². The van der Waals surface area contributed by atoms with Gasteiger partial charge < -0.3 is 21.3 Å². The highest BCUT2D eigenvalue weighted by Crippen LogP contribution is 2.52. The number of primary amides is 1. The first-order valence-electron chi connectivity index (χ1n) is 13.4. The Balaban J connectivity index is 1.24. The van der Waals surface area contributed by atoms with Gasteiger partial charge in [-0.1, -0.05) is 31.0 Å². The van der Waals surface area contributed by atoms with Crippen LogP contribution in [0.3, 0.4) is 0 Å². The van der Waals surface area contributed by atoms with Crippen molar-refractivity contribution in [1.29, 1.82) is 0 Å². The predicted molar refractivity (Wildman–Crippen MR) is 148 cm³/mol. The number of likely N-dealkylation sites (tertiary alicyclic amines) is 1. The Morgan fingerprint density at radius 3 is 2.47 bits per heavy atom. The molecule has 8 heteroatoms. The molecule has 2 aromatic carbocycles. The van der Waals surface area contributed by atoms with Crippen molar-refractivity contribution in [3.8, 4) is 0 Å². The fourth-order valence-corrected chi connectivity index (χ4v) is 7.30. The zero-order chi connectivity index (χ0) is 26.2. The van der Waals surface area contributed by atoms with Gasteiger partial charge in [0.1, 0.15) is 0 Å². The van der Waals surface area contributed by atoms with E-state index in [1.807, 2.05) is 6.07 Å². The number of thiophene rings is 1. The van der Waals surface area contributed by atoms with Crippen molar-refractivity contribution in [3.05, 3.63) is 87.6 Å². The Morgan fingerprint density at radius 2 is 1.71 bits per heavy atom. The molecule has 1 saturated carbocycles. The molecule has 3 aliphatic rings. The smallest absolute Gasteiger partial charge is 0.251 e. The molecule has 1 aliphatic carbocycles. The zero-order valence-corrected chi connectivity index (χ0v) is 22.0. The Labute approximate surface area is 226 Å². The summed E-state index contributed by atoms with van der Waals surface area (Å²) in [5.74, 6) is -0.566. The summed E-state index contributed by atoms with van der Waals surface area (Å²) in [4.78, 5) is 40.8. The quantitative estimate of drug-likeness (QED) is 0.438. The van der Waals surface area contributed by atoms with Crippen LogP contribution < -0.4 is 16.4 Å². The molecule has 6 rings (SSSR count). The van der Waals surface area contributed by atoms with Crippen molar-refractivity contribution in [2.75, 3.05) is 11.9 Å². The third kappa shape index (κ3) is 4.47. The highest BCUT2D eigenvalue weighted by molar-refractivity contribution is 7.08. The number of fused-ring (bicyclic) bond motifs is 3. The third-order valence-electron chi connectivity index (χ3n) is 8.48. The maximum absolute atomic E-state index is 14.2. The van der Waals surface area contributed by atoms with E-state index in [2.05, 4.69) is 50.6 Å². The summed E-state index contributed by atoms with van der Waals surface area (Å²) in [5.41, 5.74) is 9.70. The molecule has 3 aromatic rings. The second kappa shape index (κ2) is 10.3. The predicted octanol–water partition coefficient (Wildman–Crippen LogP) is 4.89. The van der Waals surface area contributed by atoms with E-state index in [4.69, 9.17) is 5.73 Å². The molecule has 4 N–H and O–H groups in total. The van der Waals surface area contributed by atoms with Gasteiger partial charge >= 0.3 is 0 Å². The summed E-state index contributed by atoms with van der Waals surface area (Å²) in [7, 11) is 0. The molecule has 196 valence electrons. The number of amides is 3. The number of rotatable bonds is 5. The van der Waals surface area contributed by atoms with Crippen LogP contribution >= 0.6 is 11.3 Å². The lowest BCUT2D eigenvalue weighted by atomic mass is 9.79. The zero-order valence-electron chi connectivity index (χ0n) is 21.1. The van der Waals surface area contributed by atoms with Gasteiger partial charge in [0.2, 0.25) is 11.8 Å². The van der Waals surface area contributed by atoms with Gasteiger partial charge in [-0.2, -0.15) is 11.3 Å². The number of carbonyl (C=O) groups is 3. The minimum Gasteiger partial charge on any atom is -0.378 e. The van der Waals surface area contributed by atoms with E-state index in [1.165, 1.54) is 11.1 Å². The lowest BCUT2D eigenvalue weighted by Gasteiger charge is -2.41. The standard InChI is InChI=1S/C30H32N4O3S/c31-28(35)18-9-11-19(12-10-18)29(36)33-25-8-4-2-6-22(25)30(37)34-15-13-23-26(20-14-16-38-17-20)32-24-7-3-1-5-21(24)27(23)34/h1,3,5,7,9-12,14,16-17,22-23,25-27,32H,2,4,6,8,13,15H2,(H2,31,35)(H,33,36)/t22-,23+,25+,26-,27-/m0/s1. The Hall–Kier alpha value is -3.65. The number of nitrogens with one attached hydrogen (secondary N) is 2. The molecule has 7 nitrogen and oxygen atoms in total. The van der Waals surface area contributed by atoms with Gasteiger partial charge in [0.05, 0.1) is 18.0 Å².